The quantitative estimate of drug-likeness (QED) is 0.109. The summed E-state index contributed by atoms with van der Waals surface area (Å²) < 4.78 is 0. The minimum atomic E-state index is -0.584. The number of Topliss-reactive ketones (excluding diaryl/α,β-unsaturated/α-hetero) is 1. The van der Waals surface area contributed by atoms with Crippen molar-refractivity contribution in [1.29, 1.82) is 0 Å². The van der Waals surface area contributed by atoms with Gasteiger partial charge in [0.25, 0.3) is 0 Å². The third-order valence-electron chi connectivity index (χ3n) is 5.46. The van der Waals surface area contributed by atoms with Crippen LogP contribution in [-0.4, -0.2) is 22.6 Å². The predicted molar refractivity (Wildman–Crippen MR) is 135 cm³/mol. The standard InChI is InChI=1S/C28H23NO4S/c1-16(2)26-24-14-19(27(31)17(3)29-33-18(4)30)10-12-22(24)23-13-11-20(15-25(23)26)28(32)34-21-8-6-5-7-9-21/h5-15H,1-4H3/b29-17-. The van der Waals surface area contributed by atoms with Crippen molar-refractivity contribution in [3.8, 4) is 11.1 Å². The minimum Gasteiger partial charge on any atom is -0.318 e. The average Bonchev–Trinajstić information content (AvgIpc) is 3.15. The lowest BCUT2D eigenvalue weighted by Crippen LogP contribution is -2.12. The van der Waals surface area contributed by atoms with E-state index in [2.05, 4.69) is 9.99 Å². The maximum Gasteiger partial charge on any atom is 0.331 e. The lowest BCUT2D eigenvalue weighted by molar-refractivity contribution is -0.140. The number of ketones is 1. The molecule has 1 aliphatic carbocycles. The first kappa shape index (κ1) is 23.4. The van der Waals surface area contributed by atoms with Crippen LogP contribution in [-0.2, 0) is 9.63 Å². The topological polar surface area (TPSA) is 72.8 Å². The highest BCUT2D eigenvalue weighted by atomic mass is 32.2. The number of thioether (sulfide) groups is 1. The zero-order valence-corrected chi connectivity index (χ0v) is 20.2. The molecule has 3 aromatic carbocycles. The molecule has 0 atom stereocenters. The molecule has 4 rings (SSSR count). The van der Waals surface area contributed by atoms with Crippen LogP contribution in [0.5, 0.6) is 0 Å². The first-order valence-electron chi connectivity index (χ1n) is 10.8. The van der Waals surface area contributed by atoms with Crippen LogP contribution < -0.4 is 0 Å². The number of allylic oxidation sites excluding steroid dienone is 1. The Morgan fingerprint density at radius 3 is 1.91 bits per heavy atom. The molecule has 0 aliphatic heterocycles. The number of carbonyl (C=O) groups is 3. The molecule has 3 aromatic rings. The Labute approximate surface area is 202 Å². The first-order valence-corrected chi connectivity index (χ1v) is 11.6. The summed E-state index contributed by atoms with van der Waals surface area (Å²) >= 11 is 1.20. The zero-order chi connectivity index (χ0) is 24.4. The number of nitrogens with zero attached hydrogens (tertiary/aromatic N) is 1. The Morgan fingerprint density at radius 1 is 0.735 bits per heavy atom. The molecule has 0 heterocycles. The number of oxime groups is 1. The summed E-state index contributed by atoms with van der Waals surface area (Å²) in [6.07, 6.45) is 0. The van der Waals surface area contributed by atoms with E-state index in [1.54, 1.807) is 6.07 Å². The Morgan fingerprint density at radius 2 is 1.32 bits per heavy atom. The molecule has 170 valence electrons. The Hall–Kier alpha value is -3.77. The lowest BCUT2D eigenvalue weighted by atomic mass is 9.96. The molecule has 0 spiro atoms. The smallest absolute Gasteiger partial charge is 0.318 e. The van der Waals surface area contributed by atoms with E-state index in [0.717, 1.165) is 38.3 Å². The van der Waals surface area contributed by atoms with Crippen LogP contribution in [0.1, 0.15) is 59.5 Å². The highest BCUT2D eigenvalue weighted by Crippen LogP contribution is 2.46. The Balaban J connectivity index is 1.70. The van der Waals surface area contributed by atoms with Gasteiger partial charge in [0.05, 0.1) is 0 Å². The molecule has 0 unspecified atom stereocenters. The van der Waals surface area contributed by atoms with E-state index >= 15 is 0 Å². The van der Waals surface area contributed by atoms with E-state index < -0.39 is 5.97 Å². The van der Waals surface area contributed by atoms with Crippen molar-refractivity contribution < 1.29 is 19.2 Å². The molecule has 0 amide bonds. The van der Waals surface area contributed by atoms with Gasteiger partial charge in [0.2, 0.25) is 10.9 Å². The maximum atomic E-state index is 12.9. The molecule has 0 N–H and O–H groups in total. The second kappa shape index (κ2) is 9.61. The van der Waals surface area contributed by atoms with Gasteiger partial charge < -0.3 is 4.84 Å². The van der Waals surface area contributed by atoms with Crippen molar-refractivity contribution >= 4 is 39.9 Å². The molecular weight excluding hydrogens is 446 g/mol. The molecule has 0 fully saturated rings. The van der Waals surface area contributed by atoms with Crippen molar-refractivity contribution in [1.82, 2.24) is 0 Å². The van der Waals surface area contributed by atoms with Crippen LogP contribution in [0.4, 0.5) is 0 Å². The molecule has 0 bridgehead atoms. The fourth-order valence-electron chi connectivity index (χ4n) is 3.96. The van der Waals surface area contributed by atoms with Crippen LogP contribution in [0.3, 0.4) is 0 Å². The van der Waals surface area contributed by atoms with Gasteiger partial charge >= 0.3 is 5.97 Å². The number of hydrogen-bond acceptors (Lipinski definition) is 6. The molecular formula is C28H23NO4S. The van der Waals surface area contributed by atoms with E-state index in [0.29, 0.717) is 11.1 Å². The fourth-order valence-corrected chi connectivity index (χ4v) is 4.71. The van der Waals surface area contributed by atoms with Crippen molar-refractivity contribution in [2.75, 3.05) is 0 Å². The molecule has 5 nitrogen and oxygen atoms in total. The summed E-state index contributed by atoms with van der Waals surface area (Å²) in [5.74, 6) is -0.901. The summed E-state index contributed by atoms with van der Waals surface area (Å²) in [4.78, 5) is 42.3. The highest BCUT2D eigenvalue weighted by Gasteiger charge is 2.27. The number of rotatable bonds is 5. The zero-order valence-electron chi connectivity index (χ0n) is 19.3. The van der Waals surface area contributed by atoms with Crippen LogP contribution in [0, 0.1) is 0 Å². The van der Waals surface area contributed by atoms with Gasteiger partial charge in [-0.1, -0.05) is 47.1 Å². The number of carbonyl (C=O) groups excluding carboxylic acids is 3. The molecule has 1 aliphatic rings. The third kappa shape index (κ3) is 4.63. The molecule has 34 heavy (non-hydrogen) atoms. The average molecular weight is 470 g/mol. The molecule has 0 radical (unpaired) electrons. The van der Waals surface area contributed by atoms with Gasteiger partial charge in [0.1, 0.15) is 5.71 Å². The molecule has 0 saturated heterocycles. The summed E-state index contributed by atoms with van der Waals surface area (Å²) in [5, 5.41) is 3.60. The van der Waals surface area contributed by atoms with Gasteiger partial charge in [0.15, 0.2) is 0 Å². The van der Waals surface area contributed by atoms with Gasteiger partial charge in [-0.25, -0.2) is 4.79 Å². The van der Waals surface area contributed by atoms with Crippen LogP contribution in [0.15, 0.2) is 82.4 Å². The minimum absolute atomic E-state index is 0.0220. The van der Waals surface area contributed by atoms with E-state index in [9.17, 15) is 14.4 Å². The van der Waals surface area contributed by atoms with E-state index in [-0.39, 0.29) is 16.6 Å². The van der Waals surface area contributed by atoms with Gasteiger partial charge in [-0.05, 0) is 90.7 Å². The van der Waals surface area contributed by atoms with Crippen LogP contribution in [0.2, 0.25) is 0 Å². The molecule has 0 aromatic heterocycles. The molecule has 6 heteroatoms. The lowest BCUT2D eigenvalue weighted by Gasteiger charge is -2.08. The number of fused-ring (bicyclic) bond motifs is 3. The maximum absolute atomic E-state index is 12.9. The van der Waals surface area contributed by atoms with Crippen molar-refractivity contribution in [2.45, 2.75) is 32.6 Å². The summed E-state index contributed by atoms with van der Waals surface area (Å²) in [6, 6.07) is 20.8. The van der Waals surface area contributed by atoms with E-state index in [1.807, 2.05) is 74.5 Å². The Bertz CT molecular complexity index is 1380. The fraction of sp³-hybridized carbons (Fsp3) is 0.143. The summed E-state index contributed by atoms with van der Waals surface area (Å²) in [5.41, 5.74) is 7.20. The van der Waals surface area contributed by atoms with Crippen molar-refractivity contribution in [3.63, 3.8) is 0 Å². The summed E-state index contributed by atoms with van der Waals surface area (Å²) in [7, 11) is 0. The highest BCUT2D eigenvalue weighted by molar-refractivity contribution is 8.14. The second-order valence-corrected chi connectivity index (χ2v) is 9.23. The predicted octanol–water partition coefficient (Wildman–Crippen LogP) is 6.56. The SMILES string of the molecule is CC(=O)O/N=C(/C)C(=O)c1ccc2c(c1)C(=C(C)C)c1cc(C(=O)Sc3ccccc3)ccc1-2. The monoisotopic (exact) mass is 469 g/mol. The largest absolute Gasteiger partial charge is 0.331 e. The number of benzene rings is 3. The molecule has 0 saturated carbocycles. The van der Waals surface area contributed by atoms with Gasteiger partial charge in [-0.15, -0.1) is 0 Å². The van der Waals surface area contributed by atoms with Crippen LogP contribution in [0.25, 0.3) is 16.7 Å². The van der Waals surface area contributed by atoms with Crippen molar-refractivity contribution in [3.05, 3.63) is 94.6 Å². The van der Waals surface area contributed by atoms with Crippen molar-refractivity contribution in [2.24, 2.45) is 5.16 Å². The van der Waals surface area contributed by atoms with Gasteiger partial charge in [-0.2, -0.15) is 0 Å². The normalized spacial score (nSPS) is 12.1. The first-order chi connectivity index (χ1) is 16.3. The third-order valence-corrected chi connectivity index (χ3v) is 6.39. The van der Waals surface area contributed by atoms with E-state index in [1.165, 1.54) is 25.6 Å². The number of hydrogen-bond donors (Lipinski definition) is 0. The van der Waals surface area contributed by atoms with E-state index in [4.69, 9.17) is 0 Å². The van der Waals surface area contributed by atoms with Gasteiger partial charge in [0, 0.05) is 22.9 Å². The van der Waals surface area contributed by atoms with Gasteiger partial charge in [-0.3, -0.25) is 9.59 Å². The van der Waals surface area contributed by atoms with Crippen LogP contribution >= 0.6 is 11.8 Å². The second-order valence-electron chi connectivity index (χ2n) is 8.19. The summed E-state index contributed by atoms with van der Waals surface area (Å²) in [6.45, 7) is 6.77. The Kier molecular flexibility index (Phi) is 6.61.